The molecule has 4 aromatic rings. The number of ether oxygens (including phenoxy) is 1. The highest BCUT2D eigenvalue weighted by Gasteiger charge is 2.35. The minimum Gasteiger partial charge on any atom is -0.491 e. The van der Waals surface area contributed by atoms with E-state index in [1.807, 2.05) is 18.3 Å². The first-order valence-electron chi connectivity index (χ1n) is 13.0. The molecular weight excluding hydrogens is 482 g/mol. The number of pyridine rings is 1. The highest BCUT2D eigenvalue weighted by molar-refractivity contribution is 7.21. The van der Waals surface area contributed by atoms with Crippen LogP contribution in [0.25, 0.3) is 21.5 Å². The highest BCUT2D eigenvalue weighted by Crippen LogP contribution is 2.43. The third kappa shape index (κ3) is 4.68. The molecule has 0 fully saturated rings. The number of aryl methyl sites for hydroxylation is 1. The molecule has 3 aromatic heterocycles. The van der Waals surface area contributed by atoms with E-state index in [2.05, 4.69) is 59.7 Å². The van der Waals surface area contributed by atoms with Crippen LogP contribution in [0.15, 0.2) is 30.5 Å². The summed E-state index contributed by atoms with van der Waals surface area (Å²) in [5, 5.41) is 0.527. The number of nitrogens with zero attached hydrogens (tertiary/aromatic N) is 5. The van der Waals surface area contributed by atoms with Crippen LogP contribution >= 0.6 is 11.3 Å². The molecule has 37 heavy (non-hydrogen) atoms. The molecule has 0 saturated carbocycles. The summed E-state index contributed by atoms with van der Waals surface area (Å²) in [6.07, 6.45) is 6.12. The number of benzene rings is 1. The molecule has 0 bridgehead atoms. The molecule has 0 amide bonds. The van der Waals surface area contributed by atoms with Gasteiger partial charge in [0, 0.05) is 40.5 Å². The van der Waals surface area contributed by atoms with Gasteiger partial charge < -0.3 is 21.1 Å². The van der Waals surface area contributed by atoms with Gasteiger partial charge in [-0.25, -0.2) is 15.0 Å². The number of rotatable bonds is 7. The van der Waals surface area contributed by atoms with E-state index in [0.29, 0.717) is 30.8 Å². The molecule has 194 valence electrons. The Morgan fingerprint density at radius 2 is 1.86 bits per heavy atom. The van der Waals surface area contributed by atoms with E-state index in [1.54, 1.807) is 0 Å². The van der Waals surface area contributed by atoms with Crippen LogP contribution in [0.1, 0.15) is 63.3 Å². The first-order chi connectivity index (χ1) is 17.9. The summed E-state index contributed by atoms with van der Waals surface area (Å²) in [7, 11) is 0. The predicted octanol–water partition coefficient (Wildman–Crippen LogP) is 5.88. The van der Waals surface area contributed by atoms with E-state index < -0.39 is 0 Å². The standard InChI is InChI=1S/C28H35N7OS/c1-5-10-28(6-2,7-3)23-17(4)32-26(29)34-24(23)35-11-12-36-22-9-8-18(13-20(22)16-35)19-14-21-25(31-15-19)37-27(30)33-21/h8-9,13-15H,5-7,10-12,16H2,1-4H3,(H2,30,33)(H2,29,32,34). The molecule has 1 aromatic carbocycles. The average Bonchev–Trinajstić information content (AvgIpc) is 3.12. The van der Waals surface area contributed by atoms with Crippen molar-refractivity contribution in [2.24, 2.45) is 0 Å². The fraction of sp³-hybridized carbons (Fsp3) is 0.429. The molecule has 4 N–H and O–H groups in total. The van der Waals surface area contributed by atoms with Gasteiger partial charge >= 0.3 is 0 Å². The van der Waals surface area contributed by atoms with Crippen LogP contribution in [-0.2, 0) is 12.0 Å². The monoisotopic (exact) mass is 517 g/mol. The lowest BCUT2D eigenvalue weighted by atomic mass is 9.72. The van der Waals surface area contributed by atoms with Gasteiger partial charge in [-0.3, -0.25) is 0 Å². The van der Waals surface area contributed by atoms with Gasteiger partial charge in [0.25, 0.3) is 0 Å². The quantitative estimate of drug-likeness (QED) is 0.312. The zero-order valence-electron chi connectivity index (χ0n) is 22.0. The first kappa shape index (κ1) is 25.2. The molecule has 0 radical (unpaired) electrons. The van der Waals surface area contributed by atoms with Crippen molar-refractivity contribution in [2.45, 2.75) is 65.3 Å². The molecule has 8 nitrogen and oxygen atoms in total. The summed E-state index contributed by atoms with van der Waals surface area (Å²) in [5.41, 5.74) is 18.3. The third-order valence-corrected chi connectivity index (χ3v) is 8.45. The van der Waals surface area contributed by atoms with Crippen LogP contribution in [0.2, 0.25) is 0 Å². The van der Waals surface area contributed by atoms with E-state index in [9.17, 15) is 0 Å². The van der Waals surface area contributed by atoms with E-state index in [4.69, 9.17) is 21.2 Å². The lowest BCUT2D eigenvalue weighted by Crippen LogP contribution is -2.34. The lowest BCUT2D eigenvalue weighted by Gasteiger charge is -2.37. The maximum atomic E-state index is 6.22. The summed E-state index contributed by atoms with van der Waals surface area (Å²) >= 11 is 1.40. The minimum atomic E-state index is 0.0101. The topological polar surface area (TPSA) is 116 Å². The second-order valence-electron chi connectivity index (χ2n) is 9.80. The van der Waals surface area contributed by atoms with Crippen LogP contribution in [0, 0.1) is 6.92 Å². The fourth-order valence-electron chi connectivity index (χ4n) is 5.74. The zero-order chi connectivity index (χ0) is 26.2. The average molecular weight is 518 g/mol. The van der Waals surface area contributed by atoms with Gasteiger partial charge in [0.2, 0.25) is 5.95 Å². The Balaban J connectivity index is 1.56. The Morgan fingerprint density at radius 1 is 1.05 bits per heavy atom. The van der Waals surface area contributed by atoms with Crippen molar-refractivity contribution in [3.05, 3.63) is 47.3 Å². The summed E-state index contributed by atoms with van der Waals surface area (Å²) in [6.45, 7) is 10.8. The normalized spacial score (nSPS) is 13.9. The number of hydrogen-bond acceptors (Lipinski definition) is 9. The summed E-state index contributed by atoms with van der Waals surface area (Å²) in [5.74, 6) is 2.14. The molecule has 0 spiro atoms. The van der Waals surface area contributed by atoms with Gasteiger partial charge in [0.15, 0.2) is 5.13 Å². The summed E-state index contributed by atoms with van der Waals surface area (Å²) in [6, 6.07) is 8.35. The second-order valence-corrected chi connectivity index (χ2v) is 10.8. The van der Waals surface area contributed by atoms with Gasteiger partial charge in [-0.2, -0.15) is 4.98 Å². The predicted molar refractivity (Wildman–Crippen MR) is 152 cm³/mol. The van der Waals surface area contributed by atoms with Crippen molar-refractivity contribution in [3.8, 4) is 16.9 Å². The Labute approximate surface area is 222 Å². The lowest BCUT2D eigenvalue weighted by molar-refractivity contribution is 0.330. The largest absolute Gasteiger partial charge is 0.491 e. The van der Waals surface area contributed by atoms with Crippen molar-refractivity contribution in [2.75, 3.05) is 29.5 Å². The fourth-order valence-corrected chi connectivity index (χ4v) is 6.40. The molecule has 9 heteroatoms. The van der Waals surface area contributed by atoms with Crippen LogP contribution in [0.3, 0.4) is 0 Å². The van der Waals surface area contributed by atoms with Gasteiger partial charge in [-0.05, 0) is 49.9 Å². The van der Waals surface area contributed by atoms with Gasteiger partial charge in [-0.15, -0.1) is 0 Å². The second kappa shape index (κ2) is 10.1. The number of hydrogen-bond donors (Lipinski definition) is 2. The number of aromatic nitrogens is 4. The van der Waals surface area contributed by atoms with Crippen molar-refractivity contribution >= 4 is 38.6 Å². The SMILES string of the molecule is CCCC(CC)(CC)c1c(C)nc(N)nc1N1CCOc2ccc(-c3cnc4sc(N)nc4c3)cc2C1. The zero-order valence-corrected chi connectivity index (χ0v) is 22.9. The van der Waals surface area contributed by atoms with E-state index in [0.717, 1.165) is 70.0 Å². The van der Waals surface area contributed by atoms with Crippen LogP contribution in [0.5, 0.6) is 5.75 Å². The van der Waals surface area contributed by atoms with Crippen molar-refractivity contribution < 1.29 is 4.74 Å². The Morgan fingerprint density at radius 3 is 2.62 bits per heavy atom. The third-order valence-electron chi connectivity index (χ3n) is 7.64. The van der Waals surface area contributed by atoms with Crippen LogP contribution in [-0.4, -0.2) is 33.1 Å². The van der Waals surface area contributed by atoms with E-state index >= 15 is 0 Å². The Kier molecular flexibility index (Phi) is 6.90. The molecule has 0 unspecified atom stereocenters. The molecule has 1 aliphatic rings. The first-order valence-corrected chi connectivity index (χ1v) is 13.9. The van der Waals surface area contributed by atoms with Crippen molar-refractivity contribution in [3.63, 3.8) is 0 Å². The molecule has 0 atom stereocenters. The molecular formula is C28H35N7OS. The molecule has 1 aliphatic heterocycles. The van der Waals surface area contributed by atoms with Crippen molar-refractivity contribution in [1.82, 2.24) is 19.9 Å². The minimum absolute atomic E-state index is 0.0101. The molecule has 0 saturated heterocycles. The van der Waals surface area contributed by atoms with E-state index in [-0.39, 0.29) is 5.41 Å². The smallest absolute Gasteiger partial charge is 0.222 e. The molecule has 5 rings (SSSR count). The van der Waals surface area contributed by atoms with Gasteiger partial charge in [-0.1, -0.05) is 44.6 Å². The van der Waals surface area contributed by atoms with Crippen LogP contribution in [0.4, 0.5) is 16.9 Å². The Bertz CT molecular complexity index is 1430. The van der Waals surface area contributed by atoms with Crippen LogP contribution < -0.4 is 21.1 Å². The summed E-state index contributed by atoms with van der Waals surface area (Å²) in [4.78, 5) is 21.6. The summed E-state index contributed by atoms with van der Waals surface area (Å²) < 4.78 is 6.19. The number of fused-ring (bicyclic) bond motifs is 2. The number of nitrogen functional groups attached to an aromatic ring is 2. The van der Waals surface area contributed by atoms with Crippen molar-refractivity contribution in [1.29, 1.82) is 0 Å². The molecule has 0 aliphatic carbocycles. The highest BCUT2D eigenvalue weighted by atomic mass is 32.1. The maximum Gasteiger partial charge on any atom is 0.222 e. The number of thiazole rings is 1. The van der Waals surface area contributed by atoms with E-state index in [1.165, 1.54) is 16.9 Å². The van der Waals surface area contributed by atoms with Gasteiger partial charge in [0.1, 0.15) is 28.5 Å². The molecule has 4 heterocycles. The Hall–Kier alpha value is -3.46. The number of anilines is 3. The van der Waals surface area contributed by atoms with Gasteiger partial charge in [0.05, 0.1) is 6.54 Å². The number of nitrogens with two attached hydrogens (primary N) is 2. The maximum absolute atomic E-state index is 6.22.